The molecule has 1 aromatic carbocycles. The molecule has 2 rings (SSSR count). The molecule has 0 spiro atoms. The maximum Gasteiger partial charge on any atom is 0.272 e. The second kappa shape index (κ2) is 6.34. The largest absolute Gasteiger partial charge is 0.272 e. The van der Waals surface area contributed by atoms with Gasteiger partial charge in [-0.05, 0) is 37.0 Å². The molecule has 1 aliphatic rings. The topological polar surface area (TPSA) is 43.1 Å². The molecule has 1 aromatic rings. The molecule has 0 unspecified atom stereocenters. The fourth-order valence-corrected chi connectivity index (χ4v) is 2.57. The van der Waals surface area contributed by atoms with E-state index in [9.17, 15) is 10.1 Å². The summed E-state index contributed by atoms with van der Waals surface area (Å²) in [6, 6.07) is 9.20. The van der Waals surface area contributed by atoms with Gasteiger partial charge in [0.25, 0.3) is 5.70 Å². The molecule has 0 aliphatic heterocycles. The Labute approximate surface area is 108 Å². The van der Waals surface area contributed by atoms with E-state index in [-0.39, 0.29) is 10.6 Å². The first-order valence-corrected chi connectivity index (χ1v) is 6.69. The van der Waals surface area contributed by atoms with E-state index in [0.717, 1.165) is 12.8 Å². The molecule has 1 fully saturated rings. The molecule has 18 heavy (non-hydrogen) atoms. The Morgan fingerprint density at radius 1 is 1.11 bits per heavy atom. The van der Waals surface area contributed by atoms with Crippen molar-refractivity contribution in [2.75, 3.05) is 0 Å². The summed E-state index contributed by atoms with van der Waals surface area (Å²) >= 11 is 0. The standard InChI is InChI=1S/C15H19NO2/c17-16(18)15(14-10-6-3-7-11-14)12-13-8-4-1-2-5-9-13/h3,6-7,10-13H,1-2,4-5,8-9H2. The van der Waals surface area contributed by atoms with Crippen LogP contribution >= 0.6 is 0 Å². The Morgan fingerprint density at radius 2 is 1.72 bits per heavy atom. The van der Waals surface area contributed by atoms with Gasteiger partial charge in [-0.25, -0.2) is 0 Å². The molecule has 3 nitrogen and oxygen atoms in total. The monoisotopic (exact) mass is 245 g/mol. The first-order chi connectivity index (χ1) is 8.77. The second-order valence-electron chi connectivity index (χ2n) is 4.93. The normalized spacial score (nSPS) is 18.3. The lowest BCUT2D eigenvalue weighted by Crippen LogP contribution is -2.03. The van der Waals surface area contributed by atoms with Crippen molar-refractivity contribution in [3.05, 3.63) is 52.1 Å². The van der Waals surface area contributed by atoms with Gasteiger partial charge in [-0.3, -0.25) is 10.1 Å². The Hall–Kier alpha value is -1.64. The Bertz CT molecular complexity index is 417. The van der Waals surface area contributed by atoms with Gasteiger partial charge in [-0.15, -0.1) is 0 Å². The van der Waals surface area contributed by atoms with E-state index in [1.807, 2.05) is 36.4 Å². The molecule has 0 bridgehead atoms. The van der Waals surface area contributed by atoms with Crippen LogP contribution in [0, 0.1) is 16.0 Å². The van der Waals surface area contributed by atoms with Crippen LogP contribution in [0.3, 0.4) is 0 Å². The Morgan fingerprint density at radius 3 is 2.28 bits per heavy atom. The molecule has 1 saturated carbocycles. The molecule has 0 amide bonds. The van der Waals surface area contributed by atoms with E-state index in [4.69, 9.17) is 0 Å². The smallest absolute Gasteiger partial charge is 0.258 e. The molecule has 3 heteroatoms. The zero-order valence-corrected chi connectivity index (χ0v) is 10.5. The molecule has 1 aliphatic carbocycles. The SMILES string of the molecule is O=[N+]([O-])C(=CC1CCCCCC1)c1ccccc1. The van der Waals surface area contributed by atoms with Gasteiger partial charge >= 0.3 is 0 Å². The van der Waals surface area contributed by atoms with Crippen molar-refractivity contribution in [1.82, 2.24) is 0 Å². The van der Waals surface area contributed by atoms with Crippen LogP contribution in [-0.4, -0.2) is 4.92 Å². The van der Waals surface area contributed by atoms with Crippen LogP contribution in [0.25, 0.3) is 5.70 Å². The average molecular weight is 245 g/mol. The number of nitro groups is 1. The predicted octanol–water partition coefficient (Wildman–Crippen LogP) is 4.27. The Kier molecular flexibility index (Phi) is 4.51. The van der Waals surface area contributed by atoms with Crippen molar-refractivity contribution in [2.24, 2.45) is 5.92 Å². The van der Waals surface area contributed by atoms with Crippen LogP contribution < -0.4 is 0 Å². The second-order valence-corrected chi connectivity index (χ2v) is 4.93. The van der Waals surface area contributed by atoms with E-state index < -0.39 is 0 Å². The van der Waals surface area contributed by atoms with Crippen LogP contribution in [-0.2, 0) is 0 Å². The summed E-state index contributed by atoms with van der Waals surface area (Å²) in [6.07, 6.45) is 8.98. The van der Waals surface area contributed by atoms with Gasteiger partial charge in [0, 0.05) is 0 Å². The number of benzene rings is 1. The molecule has 96 valence electrons. The lowest BCUT2D eigenvalue weighted by Gasteiger charge is -2.08. The van der Waals surface area contributed by atoms with Crippen LogP contribution in [0.1, 0.15) is 44.1 Å². The highest BCUT2D eigenvalue weighted by molar-refractivity contribution is 5.58. The highest BCUT2D eigenvalue weighted by atomic mass is 16.6. The van der Waals surface area contributed by atoms with E-state index >= 15 is 0 Å². The maximum atomic E-state index is 11.2. The zero-order chi connectivity index (χ0) is 12.8. The molecular formula is C15H19NO2. The molecule has 0 atom stereocenters. The number of hydrogen-bond acceptors (Lipinski definition) is 2. The zero-order valence-electron chi connectivity index (χ0n) is 10.5. The van der Waals surface area contributed by atoms with Gasteiger partial charge in [-0.1, -0.05) is 43.9 Å². The van der Waals surface area contributed by atoms with E-state index in [0.29, 0.717) is 11.5 Å². The van der Waals surface area contributed by atoms with E-state index in [2.05, 4.69) is 0 Å². The third-order valence-corrected chi connectivity index (χ3v) is 3.56. The molecule has 0 aromatic heterocycles. The maximum absolute atomic E-state index is 11.2. The Balaban J connectivity index is 2.21. The third-order valence-electron chi connectivity index (χ3n) is 3.56. The molecule has 0 heterocycles. The quantitative estimate of drug-likeness (QED) is 0.453. The molecule has 0 saturated heterocycles. The van der Waals surface area contributed by atoms with Gasteiger partial charge in [0.1, 0.15) is 0 Å². The first kappa shape index (κ1) is 12.8. The van der Waals surface area contributed by atoms with Gasteiger partial charge in [0.05, 0.1) is 10.5 Å². The van der Waals surface area contributed by atoms with E-state index in [1.54, 1.807) is 0 Å². The highest BCUT2D eigenvalue weighted by Crippen LogP contribution is 2.27. The predicted molar refractivity (Wildman–Crippen MR) is 72.6 cm³/mol. The molecule has 0 N–H and O–H groups in total. The fraction of sp³-hybridized carbons (Fsp3) is 0.467. The van der Waals surface area contributed by atoms with Gasteiger partial charge in [-0.2, -0.15) is 0 Å². The van der Waals surface area contributed by atoms with Gasteiger partial charge in [0.2, 0.25) is 0 Å². The number of nitrogens with zero attached hydrogens (tertiary/aromatic N) is 1. The van der Waals surface area contributed by atoms with Crippen molar-refractivity contribution in [3.63, 3.8) is 0 Å². The molecular weight excluding hydrogens is 226 g/mol. The number of rotatable bonds is 3. The van der Waals surface area contributed by atoms with Crippen molar-refractivity contribution in [1.29, 1.82) is 0 Å². The minimum Gasteiger partial charge on any atom is -0.258 e. The van der Waals surface area contributed by atoms with Gasteiger partial charge < -0.3 is 0 Å². The summed E-state index contributed by atoms with van der Waals surface area (Å²) < 4.78 is 0. The lowest BCUT2D eigenvalue weighted by molar-refractivity contribution is -0.375. The van der Waals surface area contributed by atoms with Crippen LogP contribution in [0.5, 0.6) is 0 Å². The molecule has 0 radical (unpaired) electrons. The summed E-state index contributed by atoms with van der Waals surface area (Å²) in [6.45, 7) is 0. The fourth-order valence-electron chi connectivity index (χ4n) is 2.57. The highest BCUT2D eigenvalue weighted by Gasteiger charge is 2.18. The first-order valence-electron chi connectivity index (χ1n) is 6.69. The van der Waals surface area contributed by atoms with Crippen molar-refractivity contribution in [2.45, 2.75) is 38.5 Å². The summed E-state index contributed by atoms with van der Waals surface area (Å²) in [5.74, 6) is 0.369. The summed E-state index contributed by atoms with van der Waals surface area (Å²) in [5, 5.41) is 11.2. The van der Waals surface area contributed by atoms with Crippen LogP contribution in [0.15, 0.2) is 36.4 Å². The van der Waals surface area contributed by atoms with Crippen molar-refractivity contribution >= 4 is 5.70 Å². The van der Waals surface area contributed by atoms with E-state index in [1.165, 1.54) is 25.7 Å². The summed E-state index contributed by atoms with van der Waals surface area (Å²) in [7, 11) is 0. The average Bonchev–Trinajstić information content (AvgIpc) is 2.65. The lowest BCUT2D eigenvalue weighted by atomic mass is 9.97. The number of hydrogen-bond donors (Lipinski definition) is 0. The summed E-state index contributed by atoms with van der Waals surface area (Å²) in [5.41, 5.74) is 0.981. The van der Waals surface area contributed by atoms with Gasteiger partial charge in [0.15, 0.2) is 0 Å². The van der Waals surface area contributed by atoms with Crippen LogP contribution in [0.2, 0.25) is 0 Å². The van der Waals surface area contributed by atoms with Crippen molar-refractivity contribution < 1.29 is 4.92 Å². The minimum atomic E-state index is -0.250. The van der Waals surface area contributed by atoms with Crippen molar-refractivity contribution in [3.8, 4) is 0 Å². The van der Waals surface area contributed by atoms with Crippen LogP contribution in [0.4, 0.5) is 0 Å². The summed E-state index contributed by atoms with van der Waals surface area (Å²) in [4.78, 5) is 10.9. The minimum absolute atomic E-state index is 0.250. The third kappa shape index (κ3) is 3.42. The number of allylic oxidation sites excluding steroid dienone is 1.